The van der Waals surface area contributed by atoms with Crippen molar-refractivity contribution in [1.82, 2.24) is 0 Å². The molecule has 0 heterocycles. The Bertz CT molecular complexity index is 185. The van der Waals surface area contributed by atoms with E-state index in [1.807, 2.05) is 0 Å². The lowest BCUT2D eigenvalue weighted by Gasteiger charge is -2.25. The number of hydrogen-bond donors (Lipinski definition) is 1. The van der Waals surface area contributed by atoms with Gasteiger partial charge in [-0.25, -0.2) is 0 Å². The van der Waals surface area contributed by atoms with Crippen LogP contribution in [0.5, 0.6) is 0 Å². The SMILES string of the molecule is CCCCC(CC)C(CCCC)O[PH](=O)O. The molecule has 4 heteroatoms. The van der Waals surface area contributed by atoms with Gasteiger partial charge in [-0.15, -0.1) is 0 Å². The molecular formula is C12H27O3P. The molecule has 0 saturated heterocycles. The maximum Gasteiger partial charge on any atom is 0.316 e. The average molecular weight is 250 g/mol. The Morgan fingerprint density at radius 1 is 1.12 bits per heavy atom. The van der Waals surface area contributed by atoms with E-state index in [2.05, 4.69) is 20.8 Å². The van der Waals surface area contributed by atoms with E-state index in [0.717, 1.165) is 32.1 Å². The third kappa shape index (κ3) is 7.43. The molecular weight excluding hydrogens is 223 g/mol. The third-order valence-electron chi connectivity index (χ3n) is 3.07. The van der Waals surface area contributed by atoms with Gasteiger partial charge >= 0.3 is 8.25 Å². The summed E-state index contributed by atoms with van der Waals surface area (Å²) in [7, 11) is -2.79. The Labute approximate surface area is 101 Å². The van der Waals surface area contributed by atoms with Gasteiger partial charge in [0.15, 0.2) is 0 Å². The van der Waals surface area contributed by atoms with Gasteiger partial charge < -0.3 is 9.42 Å². The van der Waals surface area contributed by atoms with E-state index in [9.17, 15) is 4.57 Å². The van der Waals surface area contributed by atoms with Gasteiger partial charge in [0.2, 0.25) is 0 Å². The van der Waals surface area contributed by atoms with Crippen molar-refractivity contribution in [3.05, 3.63) is 0 Å². The largest absolute Gasteiger partial charge is 0.326 e. The molecule has 1 N–H and O–H groups in total. The van der Waals surface area contributed by atoms with Crippen LogP contribution in [0.25, 0.3) is 0 Å². The Balaban J connectivity index is 4.23. The molecule has 0 aromatic rings. The van der Waals surface area contributed by atoms with Crippen molar-refractivity contribution in [1.29, 1.82) is 0 Å². The molecule has 3 unspecified atom stereocenters. The molecule has 0 fully saturated rings. The minimum absolute atomic E-state index is 0.0205. The molecule has 0 saturated carbocycles. The molecule has 0 aliphatic rings. The molecule has 0 radical (unpaired) electrons. The topological polar surface area (TPSA) is 46.5 Å². The molecule has 0 bridgehead atoms. The minimum atomic E-state index is -2.79. The van der Waals surface area contributed by atoms with Gasteiger partial charge in [0.25, 0.3) is 0 Å². The number of rotatable bonds is 10. The molecule has 0 aliphatic heterocycles. The van der Waals surface area contributed by atoms with Crippen LogP contribution in [0, 0.1) is 5.92 Å². The van der Waals surface area contributed by atoms with E-state index in [1.54, 1.807) is 0 Å². The second-order valence-electron chi connectivity index (χ2n) is 4.37. The molecule has 98 valence electrons. The maximum absolute atomic E-state index is 10.8. The summed E-state index contributed by atoms with van der Waals surface area (Å²) in [5, 5.41) is 0. The fraction of sp³-hybridized carbons (Fsp3) is 1.00. The first-order chi connectivity index (χ1) is 7.65. The summed E-state index contributed by atoms with van der Waals surface area (Å²) in [6.45, 7) is 6.44. The summed E-state index contributed by atoms with van der Waals surface area (Å²) >= 11 is 0. The van der Waals surface area contributed by atoms with Gasteiger partial charge in [-0.3, -0.25) is 4.57 Å². The maximum atomic E-state index is 10.8. The molecule has 3 atom stereocenters. The number of hydrogen-bond acceptors (Lipinski definition) is 2. The highest BCUT2D eigenvalue weighted by Gasteiger charge is 2.21. The predicted octanol–water partition coefficient (Wildman–Crippen LogP) is 4.16. The number of unbranched alkanes of at least 4 members (excludes halogenated alkanes) is 2. The lowest BCUT2D eigenvalue weighted by molar-refractivity contribution is 0.106. The van der Waals surface area contributed by atoms with E-state index >= 15 is 0 Å². The van der Waals surface area contributed by atoms with Crippen LogP contribution in [0.15, 0.2) is 0 Å². The summed E-state index contributed by atoms with van der Waals surface area (Å²) in [5.74, 6) is 0.438. The Hall–Kier alpha value is 0.150. The van der Waals surface area contributed by atoms with Crippen LogP contribution in [-0.4, -0.2) is 11.0 Å². The van der Waals surface area contributed by atoms with Crippen LogP contribution < -0.4 is 0 Å². The van der Waals surface area contributed by atoms with Crippen LogP contribution in [-0.2, 0) is 9.09 Å². The van der Waals surface area contributed by atoms with Gasteiger partial charge in [0.1, 0.15) is 0 Å². The molecule has 0 aromatic heterocycles. The molecule has 0 aliphatic carbocycles. The zero-order valence-electron chi connectivity index (χ0n) is 10.9. The van der Waals surface area contributed by atoms with E-state index < -0.39 is 8.25 Å². The normalized spacial score (nSPS) is 17.0. The third-order valence-corrected chi connectivity index (χ3v) is 3.58. The van der Waals surface area contributed by atoms with Gasteiger partial charge in [-0.05, 0) is 18.8 Å². The van der Waals surface area contributed by atoms with E-state index in [1.165, 1.54) is 12.8 Å². The molecule has 3 nitrogen and oxygen atoms in total. The van der Waals surface area contributed by atoms with E-state index in [-0.39, 0.29) is 6.10 Å². The van der Waals surface area contributed by atoms with Gasteiger partial charge in [-0.1, -0.05) is 52.9 Å². The quantitative estimate of drug-likeness (QED) is 0.592. The highest BCUT2D eigenvalue weighted by Crippen LogP contribution is 2.30. The lowest BCUT2D eigenvalue weighted by Crippen LogP contribution is -2.21. The van der Waals surface area contributed by atoms with Crippen molar-refractivity contribution < 1.29 is 14.0 Å². The smallest absolute Gasteiger partial charge is 0.316 e. The Morgan fingerprint density at radius 3 is 2.12 bits per heavy atom. The first kappa shape index (κ1) is 16.1. The molecule has 16 heavy (non-hydrogen) atoms. The zero-order chi connectivity index (χ0) is 12.4. The molecule has 0 rings (SSSR count). The first-order valence-corrected chi connectivity index (χ1v) is 7.81. The first-order valence-electron chi connectivity index (χ1n) is 6.55. The second-order valence-corrected chi connectivity index (χ2v) is 5.14. The van der Waals surface area contributed by atoms with Crippen molar-refractivity contribution in [3.8, 4) is 0 Å². The second kappa shape index (κ2) is 10.3. The van der Waals surface area contributed by atoms with E-state index in [4.69, 9.17) is 9.42 Å². The van der Waals surface area contributed by atoms with Crippen molar-refractivity contribution in [3.63, 3.8) is 0 Å². The molecule has 0 aromatic carbocycles. The lowest BCUT2D eigenvalue weighted by atomic mass is 9.90. The monoisotopic (exact) mass is 250 g/mol. The molecule has 0 amide bonds. The van der Waals surface area contributed by atoms with E-state index in [0.29, 0.717) is 5.92 Å². The summed E-state index contributed by atoms with van der Waals surface area (Å²) in [5.41, 5.74) is 0. The zero-order valence-corrected chi connectivity index (χ0v) is 11.9. The fourth-order valence-corrected chi connectivity index (χ4v) is 2.61. The van der Waals surface area contributed by atoms with Gasteiger partial charge in [0, 0.05) is 0 Å². The summed E-state index contributed by atoms with van der Waals surface area (Å²) in [6, 6.07) is 0. The van der Waals surface area contributed by atoms with Crippen LogP contribution in [0.1, 0.15) is 65.7 Å². The highest BCUT2D eigenvalue weighted by molar-refractivity contribution is 7.32. The summed E-state index contributed by atoms with van der Waals surface area (Å²) < 4.78 is 16.0. The van der Waals surface area contributed by atoms with Gasteiger partial charge in [-0.2, -0.15) is 0 Å². The van der Waals surface area contributed by atoms with Crippen molar-refractivity contribution >= 4 is 8.25 Å². The summed E-state index contributed by atoms with van der Waals surface area (Å²) in [4.78, 5) is 8.92. The van der Waals surface area contributed by atoms with Crippen molar-refractivity contribution in [2.75, 3.05) is 0 Å². The Morgan fingerprint density at radius 2 is 1.69 bits per heavy atom. The van der Waals surface area contributed by atoms with Crippen LogP contribution in [0.4, 0.5) is 0 Å². The predicted molar refractivity (Wildman–Crippen MR) is 68.9 cm³/mol. The highest BCUT2D eigenvalue weighted by atomic mass is 31.1. The Kier molecular flexibility index (Phi) is 10.4. The average Bonchev–Trinajstić information content (AvgIpc) is 2.25. The fourth-order valence-electron chi connectivity index (χ4n) is 2.04. The van der Waals surface area contributed by atoms with Crippen molar-refractivity contribution in [2.24, 2.45) is 5.92 Å². The summed E-state index contributed by atoms with van der Waals surface area (Å²) in [6.07, 6.45) is 7.56. The standard InChI is InChI=1S/C12H27O3P/c1-4-7-9-11(6-3)12(10-8-5-2)15-16(13)14/h11-12,16H,4-10H2,1-3H3,(H,13,14). The van der Waals surface area contributed by atoms with Crippen LogP contribution >= 0.6 is 8.25 Å². The van der Waals surface area contributed by atoms with Crippen LogP contribution in [0.3, 0.4) is 0 Å². The van der Waals surface area contributed by atoms with Crippen molar-refractivity contribution in [2.45, 2.75) is 71.8 Å². The minimum Gasteiger partial charge on any atom is -0.326 e. The van der Waals surface area contributed by atoms with Crippen LogP contribution in [0.2, 0.25) is 0 Å². The van der Waals surface area contributed by atoms with Gasteiger partial charge in [0.05, 0.1) is 6.10 Å². The molecule has 0 spiro atoms.